The van der Waals surface area contributed by atoms with E-state index in [2.05, 4.69) is 10.6 Å². The lowest BCUT2D eigenvalue weighted by atomic mass is 9.97. The first-order valence-corrected chi connectivity index (χ1v) is 14.1. The Hall–Kier alpha value is -3.14. The first kappa shape index (κ1) is 25.5. The standard InChI is InChI=1S/C27H25ClN4O3S2/c1-15-20(28)7-5-8-21(15)32-26(35)24-19-6-3-4-9-22(19)37-25(24)31-27(32)36-14-23(34)30-18-12-10-17(11-13-18)29-16(2)33/h5,7-8,10-13H,3-4,6,9,14H2,1-2H3,(H,29,33)(H,30,34). The number of benzene rings is 2. The number of nitrogens with one attached hydrogen (secondary N) is 2. The van der Waals surface area contributed by atoms with Crippen molar-refractivity contribution in [3.8, 4) is 5.69 Å². The number of rotatable bonds is 6. The van der Waals surface area contributed by atoms with Gasteiger partial charge in [0.05, 0.1) is 16.8 Å². The van der Waals surface area contributed by atoms with Crippen LogP contribution in [-0.4, -0.2) is 27.1 Å². The van der Waals surface area contributed by atoms with Crippen LogP contribution in [0.15, 0.2) is 52.4 Å². The van der Waals surface area contributed by atoms with Gasteiger partial charge in [-0.2, -0.15) is 0 Å². The molecule has 190 valence electrons. The second-order valence-electron chi connectivity index (χ2n) is 8.91. The highest BCUT2D eigenvalue weighted by Crippen LogP contribution is 2.36. The number of carbonyl (C=O) groups is 2. The summed E-state index contributed by atoms with van der Waals surface area (Å²) in [5.74, 6) is -0.326. The Kier molecular flexibility index (Phi) is 7.37. The quantitative estimate of drug-likeness (QED) is 0.227. The van der Waals surface area contributed by atoms with E-state index in [1.807, 2.05) is 19.1 Å². The van der Waals surface area contributed by atoms with Crippen molar-refractivity contribution in [2.45, 2.75) is 44.7 Å². The number of aryl methyl sites for hydroxylation is 2. The van der Waals surface area contributed by atoms with Gasteiger partial charge < -0.3 is 10.6 Å². The fourth-order valence-electron chi connectivity index (χ4n) is 4.50. The highest BCUT2D eigenvalue weighted by molar-refractivity contribution is 7.99. The van der Waals surface area contributed by atoms with Gasteiger partial charge in [0.1, 0.15) is 4.83 Å². The molecule has 2 aromatic carbocycles. The Bertz CT molecular complexity index is 1580. The van der Waals surface area contributed by atoms with Crippen LogP contribution in [0.2, 0.25) is 5.02 Å². The maximum absolute atomic E-state index is 13.9. The van der Waals surface area contributed by atoms with Gasteiger partial charge in [-0.25, -0.2) is 4.98 Å². The van der Waals surface area contributed by atoms with E-state index in [9.17, 15) is 14.4 Å². The molecule has 0 radical (unpaired) electrons. The van der Waals surface area contributed by atoms with E-state index in [1.165, 1.54) is 23.6 Å². The van der Waals surface area contributed by atoms with E-state index < -0.39 is 0 Å². The Morgan fingerprint density at radius 3 is 2.51 bits per heavy atom. The number of thiophene rings is 1. The van der Waals surface area contributed by atoms with Crippen molar-refractivity contribution in [2.75, 3.05) is 16.4 Å². The minimum atomic E-state index is -0.230. The van der Waals surface area contributed by atoms with Crippen molar-refractivity contribution >= 4 is 68.1 Å². The molecule has 2 amide bonds. The molecule has 4 aromatic rings. The van der Waals surface area contributed by atoms with E-state index in [0.29, 0.717) is 32.6 Å². The second-order valence-corrected chi connectivity index (χ2v) is 11.3. The molecule has 0 unspecified atom stereocenters. The Balaban J connectivity index is 1.47. The van der Waals surface area contributed by atoms with Crippen LogP contribution in [0.4, 0.5) is 11.4 Å². The average Bonchev–Trinajstić information content (AvgIpc) is 3.24. The molecule has 37 heavy (non-hydrogen) atoms. The highest BCUT2D eigenvalue weighted by atomic mass is 35.5. The summed E-state index contributed by atoms with van der Waals surface area (Å²) < 4.78 is 1.60. The largest absolute Gasteiger partial charge is 0.326 e. The van der Waals surface area contributed by atoms with E-state index in [-0.39, 0.29) is 23.1 Å². The summed E-state index contributed by atoms with van der Waals surface area (Å²) in [5, 5.41) is 7.26. The maximum Gasteiger partial charge on any atom is 0.267 e. The van der Waals surface area contributed by atoms with Crippen molar-refractivity contribution < 1.29 is 9.59 Å². The zero-order valence-corrected chi connectivity index (χ0v) is 22.8. The summed E-state index contributed by atoms with van der Waals surface area (Å²) in [6.45, 7) is 3.32. The van der Waals surface area contributed by atoms with E-state index >= 15 is 0 Å². The third-order valence-corrected chi connectivity index (χ3v) is 8.79. The van der Waals surface area contributed by atoms with Crippen LogP contribution in [0.5, 0.6) is 0 Å². The summed E-state index contributed by atoms with van der Waals surface area (Å²) in [7, 11) is 0. The molecule has 0 bridgehead atoms. The van der Waals surface area contributed by atoms with Crippen LogP contribution in [0, 0.1) is 6.92 Å². The van der Waals surface area contributed by atoms with Gasteiger partial charge >= 0.3 is 0 Å². The van der Waals surface area contributed by atoms with Crippen LogP contribution in [0.25, 0.3) is 15.9 Å². The third-order valence-electron chi connectivity index (χ3n) is 6.26. The molecule has 5 rings (SSSR count). The lowest BCUT2D eigenvalue weighted by Gasteiger charge is -2.16. The number of hydrogen-bond acceptors (Lipinski definition) is 6. The molecule has 2 aromatic heterocycles. The van der Waals surface area contributed by atoms with E-state index in [1.54, 1.807) is 46.2 Å². The number of thioether (sulfide) groups is 1. The van der Waals surface area contributed by atoms with Gasteiger partial charge in [0, 0.05) is 28.2 Å². The molecule has 0 saturated heterocycles. The molecule has 10 heteroatoms. The predicted octanol–water partition coefficient (Wildman–Crippen LogP) is 5.98. The van der Waals surface area contributed by atoms with Gasteiger partial charge in [0.15, 0.2) is 5.16 Å². The number of carbonyl (C=O) groups excluding carboxylic acids is 2. The molecule has 0 aliphatic heterocycles. The lowest BCUT2D eigenvalue weighted by molar-refractivity contribution is -0.114. The summed E-state index contributed by atoms with van der Waals surface area (Å²) in [6, 6.07) is 12.3. The topological polar surface area (TPSA) is 93.1 Å². The van der Waals surface area contributed by atoms with Crippen molar-refractivity contribution in [1.82, 2.24) is 9.55 Å². The van der Waals surface area contributed by atoms with Gasteiger partial charge in [0.25, 0.3) is 5.56 Å². The van der Waals surface area contributed by atoms with Crippen molar-refractivity contribution in [3.63, 3.8) is 0 Å². The summed E-state index contributed by atoms with van der Waals surface area (Å²) in [4.78, 5) is 44.8. The maximum atomic E-state index is 13.9. The summed E-state index contributed by atoms with van der Waals surface area (Å²) >= 11 is 9.21. The fraction of sp³-hybridized carbons (Fsp3) is 0.259. The Labute approximate surface area is 227 Å². The molecule has 2 heterocycles. The lowest BCUT2D eigenvalue weighted by Crippen LogP contribution is -2.24. The highest BCUT2D eigenvalue weighted by Gasteiger charge is 2.24. The fourth-order valence-corrected chi connectivity index (χ4v) is 6.78. The number of amides is 2. The zero-order valence-electron chi connectivity index (χ0n) is 20.4. The predicted molar refractivity (Wildman–Crippen MR) is 152 cm³/mol. The van der Waals surface area contributed by atoms with Crippen molar-refractivity contribution in [1.29, 1.82) is 0 Å². The van der Waals surface area contributed by atoms with Crippen molar-refractivity contribution in [3.05, 3.63) is 73.8 Å². The zero-order chi connectivity index (χ0) is 26.1. The monoisotopic (exact) mass is 552 g/mol. The Morgan fingerprint density at radius 2 is 1.78 bits per heavy atom. The van der Waals surface area contributed by atoms with Crippen LogP contribution in [0.3, 0.4) is 0 Å². The number of aromatic nitrogens is 2. The third kappa shape index (κ3) is 5.30. The molecule has 0 spiro atoms. The van der Waals surface area contributed by atoms with Crippen molar-refractivity contribution in [2.24, 2.45) is 0 Å². The van der Waals surface area contributed by atoms with Gasteiger partial charge in [-0.1, -0.05) is 29.4 Å². The molecule has 7 nitrogen and oxygen atoms in total. The number of halogens is 1. The molecule has 1 aliphatic carbocycles. The summed E-state index contributed by atoms with van der Waals surface area (Å²) in [5.41, 5.74) is 3.70. The normalized spacial score (nSPS) is 12.8. The number of anilines is 2. The molecule has 0 fully saturated rings. The smallest absolute Gasteiger partial charge is 0.267 e. The first-order valence-electron chi connectivity index (χ1n) is 11.9. The second kappa shape index (κ2) is 10.7. The molecular formula is C27H25ClN4O3S2. The molecule has 1 aliphatic rings. The summed E-state index contributed by atoms with van der Waals surface area (Å²) in [6.07, 6.45) is 4.04. The van der Waals surface area contributed by atoms with Crippen LogP contribution in [-0.2, 0) is 22.4 Å². The van der Waals surface area contributed by atoms with E-state index in [0.717, 1.165) is 41.6 Å². The average molecular weight is 553 g/mol. The first-order chi connectivity index (χ1) is 17.8. The molecular weight excluding hydrogens is 528 g/mol. The van der Waals surface area contributed by atoms with Crippen LogP contribution < -0.4 is 16.2 Å². The molecule has 0 saturated carbocycles. The van der Waals surface area contributed by atoms with Crippen LogP contribution >= 0.6 is 34.7 Å². The number of fused-ring (bicyclic) bond motifs is 3. The SMILES string of the molecule is CC(=O)Nc1ccc(NC(=O)CSc2nc3sc4c(c3c(=O)n2-c2cccc(Cl)c2C)CCCC4)cc1. The van der Waals surface area contributed by atoms with Gasteiger partial charge in [-0.15, -0.1) is 11.3 Å². The van der Waals surface area contributed by atoms with E-state index in [4.69, 9.17) is 16.6 Å². The van der Waals surface area contributed by atoms with Gasteiger partial charge in [-0.05, 0) is 80.1 Å². The Morgan fingerprint density at radius 1 is 1.08 bits per heavy atom. The minimum Gasteiger partial charge on any atom is -0.326 e. The van der Waals surface area contributed by atoms with Crippen LogP contribution in [0.1, 0.15) is 35.8 Å². The number of nitrogens with zero attached hydrogens (tertiary/aromatic N) is 2. The van der Waals surface area contributed by atoms with Gasteiger partial charge in [-0.3, -0.25) is 19.0 Å². The van der Waals surface area contributed by atoms with Gasteiger partial charge in [0.2, 0.25) is 11.8 Å². The molecule has 2 N–H and O–H groups in total. The molecule has 0 atom stereocenters. The minimum absolute atomic E-state index is 0.0656. The number of hydrogen-bond donors (Lipinski definition) is 2.